The van der Waals surface area contributed by atoms with Gasteiger partial charge in [-0.05, 0) is 24.5 Å². The van der Waals surface area contributed by atoms with Crippen molar-refractivity contribution in [2.45, 2.75) is 168 Å². The highest BCUT2D eigenvalue weighted by atomic mass is 16.5. The summed E-state index contributed by atoms with van der Waals surface area (Å²) >= 11 is 0. The molecule has 0 N–H and O–H groups in total. The van der Waals surface area contributed by atoms with Gasteiger partial charge in [-0.2, -0.15) is 0 Å². The predicted molar refractivity (Wildman–Crippen MR) is 174 cm³/mol. The fourth-order valence-corrected chi connectivity index (χ4v) is 6.13. The minimum Gasteiger partial charge on any atom is -0.481 e. The molecule has 1 atom stereocenters. The van der Waals surface area contributed by atoms with E-state index in [0.717, 1.165) is 29.9 Å². The molecular weight excluding hydrogens is 492 g/mol. The fourth-order valence-electron chi connectivity index (χ4n) is 6.13. The van der Waals surface area contributed by atoms with Gasteiger partial charge in [0.05, 0.1) is 18.1 Å². The first kappa shape index (κ1) is 34.4. The number of rotatable bonds is 26. The van der Waals surface area contributed by atoms with Crippen molar-refractivity contribution in [1.82, 2.24) is 9.55 Å². The average molecular weight is 555 g/mol. The minimum absolute atomic E-state index is 0.0697. The zero-order valence-electron chi connectivity index (χ0n) is 26.6. The standard InChI is InChI=1S/C36H62N2O2/c1-4-6-8-10-12-14-15-17-19-21-25-32(24-20-18-16-13-11-9-7-5-2)26-22-23-31-38-34-28-29-35(40-3)37-33(34)27-30-36(38)39/h27-30,32H,4-26,31H2,1-3H3. The summed E-state index contributed by atoms with van der Waals surface area (Å²) < 4.78 is 7.17. The number of pyridine rings is 2. The predicted octanol–water partition coefficient (Wildman–Crippen LogP) is 11.0. The van der Waals surface area contributed by atoms with Crippen molar-refractivity contribution < 1.29 is 4.74 Å². The van der Waals surface area contributed by atoms with Gasteiger partial charge < -0.3 is 9.30 Å². The lowest BCUT2D eigenvalue weighted by molar-refractivity contribution is 0.364. The first-order valence-electron chi connectivity index (χ1n) is 17.2. The van der Waals surface area contributed by atoms with Crippen molar-refractivity contribution in [3.8, 4) is 5.88 Å². The molecular formula is C36H62N2O2. The zero-order valence-corrected chi connectivity index (χ0v) is 26.6. The number of hydrogen-bond acceptors (Lipinski definition) is 3. The van der Waals surface area contributed by atoms with Crippen molar-refractivity contribution in [1.29, 1.82) is 0 Å². The van der Waals surface area contributed by atoms with E-state index in [-0.39, 0.29) is 5.56 Å². The molecule has 2 rings (SSSR count). The van der Waals surface area contributed by atoms with Crippen LogP contribution in [-0.2, 0) is 6.54 Å². The molecule has 40 heavy (non-hydrogen) atoms. The number of aromatic nitrogens is 2. The van der Waals surface area contributed by atoms with Crippen LogP contribution in [0.4, 0.5) is 0 Å². The lowest BCUT2D eigenvalue weighted by atomic mass is 9.90. The van der Waals surface area contributed by atoms with Gasteiger partial charge in [0, 0.05) is 18.7 Å². The maximum Gasteiger partial charge on any atom is 0.251 e. The Bertz CT molecular complexity index is 938. The lowest BCUT2D eigenvalue weighted by Gasteiger charge is -2.17. The monoisotopic (exact) mass is 554 g/mol. The van der Waals surface area contributed by atoms with E-state index in [0.29, 0.717) is 5.88 Å². The van der Waals surface area contributed by atoms with Gasteiger partial charge in [0.15, 0.2) is 0 Å². The van der Waals surface area contributed by atoms with E-state index >= 15 is 0 Å². The third kappa shape index (κ3) is 14.7. The van der Waals surface area contributed by atoms with Crippen LogP contribution in [0.3, 0.4) is 0 Å². The van der Waals surface area contributed by atoms with Crippen LogP contribution in [-0.4, -0.2) is 16.7 Å². The Morgan fingerprint density at radius 2 is 1.10 bits per heavy atom. The zero-order chi connectivity index (χ0) is 28.7. The average Bonchev–Trinajstić information content (AvgIpc) is 2.97. The smallest absolute Gasteiger partial charge is 0.251 e. The quantitative estimate of drug-likeness (QED) is 0.109. The van der Waals surface area contributed by atoms with E-state index in [1.807, 2.05) is 22.8 Å². The van der Waals surface area contributed by atoms with Crippen molar-refractivity contribution in [2.75, 3.05) is 7.11 Å². The van der Waals surface area contributed by atoms with Gasteiger partial charge >= 0.3 is 0 Å². The molecule has 0 aromatic carbocycles. The van der Waals surface area contributed by atoms with Gasteiger partial charge in [-0.1, -0.05) is 155 Å². The summed E-state index contributed by atoms with van der Waals surface area (Å²) in [5.74, 6) is 1.44. The SMILES string of the molecule is CCCCCCCCCCCCC(CCCCCCCCCC)CCCCn1c(=O)ccc2nc(OC)ccc21. The van der Waals surface area contributed by atoms with Gasteiger partial charge in [-0.25, -0.2) is 4.98 Å². The summed E-state index contributed by atoms with van der Waals surface area (Å²) in [6, 6.07) is 7.28. The Morgan fingerprint density at radius 1 is 0.625 bits per heavy atom. The number of fused-ring (bicyclic) bond motifs is 1. The van der Waals surface area contributed by atoms with E-state index in [9.17, 15) is 4.79 Å². The second kappa shape index (κ2) is 22.8. The van der Waals surface area contributed by atoms with Crippen LogP contribution in [0.1, 0.15) is 162 Å². The Labute approximate surface area is 246 Å². The lowest BCUT2D eigenvalue weighted by Crippen LogP contribution is -2.19. The van der Waals surface area contributed by atoms with Crippen molar-refractivity contribution >= 4 is 11.0 Å². The summed E-state index contributed by atoms with van der Waals surface area (Å²) in [5, 5.41) is 0. The first-order chi connectivity index (χ1) is 19.7. The van der Waals surface area contributed by atoms with Crippen molar-refractivity contribution in [3.63, 3.8) is 0 Å². The molecule has 0 aliphatic carbocycles. The van der Waals surface area contributed by atoms with E-state index in [1.165, 1.54) is 141 Å². The van der Waals surface area contributed by atoms with Gasteiger partial charge in [-0.15, -0.1) is 0 Å². The molecule has 2 aromatic heterocycles. The van der Waals surface area contributed by atoms with Crippen molar-refractivity contribution in [3.05, 3.63) is 34.6 Å². The van der Waals surface area contributed by atoms with E-state index < -0.39 is 0 Å². The summed E-state index contributed by atoms with van der Waals surface area (Å²) in [4.78, 5) is 17.1. The molecule has 4 nitrogen and oxygen atoms in total. The van der Waals surface area contributed by atoms with Crippen molar-refractivity contribution in [2.24, 2.45) is 5.92 Å². The molecule has 0 fully saturated rings. The molecule has 4 heteroatoms. The summed E-state index contributed by atoms with van der Waals surface area (Å²) in [7, 11) is 1.63. The molecule has 0 amide bonds. The van der Waals surface area contributed by atoms with Gasteiger partial charge in [-0.3, -0.25) is 4.79 Å². The minimum atomic E-state index is 0.0697. The second-order valence-corrected chi connectivity index (χ2v) is 12.2. The molecule has 228 valence electrons. The van der Waals surface area contributed by atoms with E-state index in [4.69, 9.17) is 4.74 Å². The maximum absolute atomic E-state index is 12.6. The Kier molecular flexibility index (Phi) is 19.6. The molecule has 0 aliphatic heterocycles. The maximum atomic E-state index is 12.6. The highest BCUT2D eigenvalue weighted by molar-refractivity contribution is 5.75. The van der Waals surface area contributed by atoms with Crippen LogP contribution < -0.4 is 10.3 Å². The summed E-state index contributed by atoms with van der Waals surface area (Å²) in [5.41, 5.74) is 1.81. The molecule has 0 bridgehead atoms. The molecule has 0 saturated carbocycles. The molecule has 0 aliphatic rings. The molecule has 0 radical (unpaired) electrons. The molecule has 0 spiro atoms. The Hall–Kier alpha value is -1.84. The summed E-state index contributed by atoms with van der Waals surface area (Å²) in [6.07, 6.45) is 31.7. The van der Waals surface area contributed by atoms with Gasteiger partial charge in [0.2, 0.25) is 5.88 Å². The number of nitrogens with zero attached hydrogens (tertiary/aromatic N) is 2. The van der Waals surface area contributed by atoms with Crippen LogP contribution >= 0.6 is 0 Å². The van der Waals surface area contributed by atoms with E-state index in [1.54, 1.807) is 13.2 Å². The van der Waals surface area contributed by atoms with E-state index in [2.05, 4.69) is 18.8 Å². The van der Waals surface area contributed by atoms with Crippen LogP contribution in [0.15, 0.2) is 29.1 Å². The van der Waals surface area contributed by atoms with Gasteiger partial charge in [0.25, 0.3) is 5.56 Å². The number of hydrogen-bond donors (Lipinski definition) is 0. The first-order valence-corrected chi connectivity index (χ1v) is 17.2. The molecule has 2 aromatic rings. The normalized spacial score (nSPS) is 12.3. The molecule has 1 unspecified atom stereocenters. The van der Waals surface area contributed by atoms with Crippen LogP contribution in [0.2, 0.25) is 0 Å². The number of unbranched alkanes of at least 4 members (excludes halogenated alkanes) is 17. The fraction of sp³-hybridized carbons (Fsp3) is 0.778. The highest BCUT2D eigenvalue weighted by Gasteiger charge is 2.10. The molecule has 0 saturated heterocycles. The van der Waals surface area contributed by atoms with Crippen LogP contribution in [0, 0.1) is 5.92 Å². The topological polar surface area (TPSA) is 44.1 Å². The Balaban J connectivity index is 1.74. The highest BCUT2D eigenvalue weighted by Crippen LogP contribution is 2.25. The summed E-state index contributed by atoms with van der Waals surface area (Å²) in [6.45, 7) is 5.36. The molecule has 2 heterocycles. The third-order valence-corrected chi connectivity index (χ3v) is 8.70. The second-order valence-electron chi connectivity index (χ2n) is 12.2. The number of aryl methyl sites for hydroxylation is 1. The van der Waals surface area contributed by atoms with Crippen LogP contribution in [0.25, 0.3) is 11.0 Å². The Morgan fingerprint density at radius 3 is 1.60 bits per heavy atom. The largest absolute Gasteiger partial charge is 0.481 e. The number of methoxy groups -OCH3 is 1. The van der Waals surface area contributed by atoms with Gasteiger partial charge in [0.1, 0.15) is 0 Å². The van der Waals surface area contributed by atoms with Crippen LogP contribution in [0.5, 0.6) is 5.88 Å². The number of ether oxygens (including phenoxy) is 1. The third-order valence-electron chi connectivity index (χ3n) is 8.70.